The van der Waals surface area contributed by atoms with Gasteiger partial charge in [-0.05, 0) is 17.9 Å². The Morgan fingerprint density at radius 2 is 2.04 bits per heavy atom. The lowest BCUT2D eigenvalue weighted by Crippen LogP contribution is -2.42. The van der Waals surface area contributed by atoms with Crippen molar-refractivity contribution >= 4 is 11.7 Å². The number of nitrogens with zero attached hydrogens (tertiary/aromatic N) is 3. The highest BCUT2D eigenvalue weighted by atomic mass is 16.2. The average Bonchev–Trinajstić information content (AvgIpc) is 3.10. The summed E-state index contributed by atoms with van der Waals surface area (Å²) in [6.45, 7) is 7.01. The molecular formula is C19H27N5O. The normalized spacial score (nSPS) is 20.6. The Morgan fingerprint density at radius 1 is 1.28 bits per heavy atom. The van der Waals surface area contributed by atoms with Gasteiger partial charge in [0.25, 0.3) is 0 Å². The molecule has 0 radical (unpaired) electrons. The van der Waals surface area contributed by atoms with Crippen LogP contribution >= 0.6 is 0 Å². The molecule has 2 unspecified atom stereocenters. The van der Waals surface area contributed by atoms with Gasteiger partial charge in [0.1, 0.15) is 0 Å². The second-order valence-corrected chi connectivity index (χ2v) is 6.88. The van der Waals surface area contributed by atoms with Gasteiger partial charge in [0.2, 0.25) is 0 Å². The number of benzene rings is 1. The predicted molar refractivity (Wildman–Crippen MR) is 99.4 cm³/mol. The third-order valence-electron chi connectivity index (χ3n) is 4.74. The molecule has 0 aliphatic carbocycles. The lowest BCUT2D eigenvalue weighted by molar-refractivity contribution is 0.246. The summed E-state index contributed by atoms with van der Waals surface area (Å²) < 4.78 is 1.73. The minimum Gasteiger partial charge on any atom is -0.334 e. The number of aryl methyl sites for hydroxylation is 2. The highest BCUT2D eigenvalue weighted by molar-refractivity contribution is 5.90. The van der Waals surface area contributed by atoms with E-state index in [1.165, 1.54) is 5.56 Å². The Kier molecular flexibility index (Phi) is 5.38. The van der Waals surface area contributed by atoms with Gasteiger partial charge in [-0.15, -0.1) is 0 Å². The summed E-state index contributed by atoms with van der Waals surface area (Å²) in [4.78, 5) is 14.8. The fourth-order valence-corrected chi connectivity index (χ4v) is 3.45. The molecule has 0 bridgehead atoms. The van der Waals surface area contributed by atoms with Crippen LogP contribution in [0.1, 0.15) is 25.1 Å². The molecule has 6 nitrogen and oxygen atoms in total. The van der Waals surface area contributed by atoms with E-state index in [0.29, 0.717) is 5.92 Å². The average molecular weight is 341 g/mol. The molecule has 134 valence electrons. The first-order chi connectivity index (χ1) is 12.0. The highest BCUT2D eigenvalue weighted by Gasteiger charge is 2.30. The molecule has 2 amide bonds. The molecule has 1 aromatic heterocycles. The number of likely N-dealkylation sites (tertiary alicyclic amines) is 1. The molecule has 6 heteroatoms. The van der Waals surface area contributed by atoms with Gasteiger partial charge in [-0.25, -0.2) is 4.79 Å². The van der Waals surface area contributed by atoms with E-state index in [9.17, 15) is 4.79 Å². The van der Waals surface area contributed by atoms with E-state index in [-0.39, 0.29) is 12.1 Å². The molecule has 3 rings (SSSR count). The maximum absolute atomic E-state index is 12.4. The van der Waals surface area contributed by atoms with Crippen molar-refractivity contribution in [1.82, 2.24) is 20.0 Å². The lowest BCUT2D eigenvalue weighted by Gasteiger charge is -2.17. The predicted octanol–water partition coefficient (Wildman–Crippen LogP) is 2.62. The summed E-state index contributed by atoms with van der Waals surface area (Å²) in [5.74, 6) is 0.425. The second kappa shape index (κ2) is 7.70. The van der Waals surface area contributed by atoms with Crippen molar-refractivity contribution in [1.29, 1.82) is 0 Å². The molecule has 1 aliphatic rings. The zero-order chi connectivity index (χ0) is 17.8. The van der Waals surface area contributed by atoms with Crippen LogP contribution in [-0.2, 0) is 20.0 Å². The van der Waals surface area contributed by atoms with Crippen molar-refractivity contribution in [2.24, 2.45) is 13.0 Å². The van der Waals surface area contributed by atoms with E-state index in [1.807, 2.05) is 26.2 Å². The van der Waals surface area contributed by atoms with E-state index in [0.717, 1.165) is 37.4 Å². The van der Waals surface area contributed by atoms with Crippen LogP contribution in [0.25, 0.3) is 0 Å². The van der Waals surface area contributed by atoms with E-state index in [1.54, 1.807) is 4.68 Å². The maximum Gasteiger partial charge on any atom is 0.319 e. The summed E-state index contributed by atoms with van der Waals surface area (Å²) in [5.41, 5.74) is 3.00. The number of nitrogens with one attached hydrogen (secondary N) is 2. The number of aromatic nitrogens is 2. The summed E-state index contributed by atoms with van der Waals surface area (Å²) in [5, 5.41) is 10.4. The monoisotopic (exact) mass is 341 g/mol. The molecule has 2 heterocycles. The quantitative estimate of drug-likeness (QED) is 0.879. The minimum atomic E-state index is -0.152. The Morgan fingerprint density at radius 3 is 2.76 bits per heavy atom. The van der Waals surface area contributed by atoms with Crippen LogP contribution in [0.4, 0.5) is 10.5 Å². The molecule has 0 spiro atoms. The van der Waals surface area contributed by atoms with Gasteiger partial charge in [0, 0.05) is 38.9 Å². The van der Waals surface area contributed by atoms with Gasteiger partial charge in [-0.1, -0.05) is 44.2 Å². The van der Waals surface area contributed by atoms with Crippen molar-refractivity contribution in [2.45, 2.75) is 32.9 Å². The third kappa shape index (κ3) is 4.39. The van der Waals surface area contributed by atoms with Crippen LogP contribution < -0.4 is 10.6 Å². The van der Waals surface area contributed by atoms with Gasteiger partial charge < -0.3 is 10.6 Å². The van der Waals surface area contributed by atoms with E-state index in [2.05, 4.69) is 51.8 Å². The van der Waals surface area contributed by atoms with E-state index < -0.39 is 0 Å². The number of amides is 2. The van der Waals surface area contributed by atoms with Crippen LogP contribution in [0.5, 0.6) is 0 Å². The zero-order valence-electron chi connectivity index (χ0n) is 15.2. The number of hydrogen-bond acceptors (Lipinski definition) is 3. The Bertz CT molecular complexity index is 712. The number of hydrogen-bond donors (Lipinski definition) is 2. The van der Waals surface area contributed by atoms with Gasteiger partial charge in [-0.2, -0.15) is 5.10 Å². The van der Waals surface area contributed by atoms with Crippen molar-refractivity contribution in [3.8, 4) is 0 Å². The number of carbonyl (C=O) groups excluding carboxylic acids is 1. The standard InChI is InChI=1S/C19H27N5O/c1-4-16-18(12-23(3)22-16)21-19(25)20-17-13-24(10-14(17)2)11-15-8-6-5-7-9-15/h5-9,12,14,17H,4,10-11,13H2,1-3H3,(H2,20,21,25). The Hall–Kier alpha value is -2.34. The summed E-state index contributed by atoms with van der Waals surface area (Å²) in [6.07, 6.45) is 2.64. The maximum atomic E-state index is 12.4. The van der Waals surface area contributed by atoms with Gasteiger partial charge >= 0.3 is 6.03 Å². The van der Waals surface area contributed by atoms with Gasteiger partial charge in [0.15, 0.2) is 0 Å². The molecule has 1 aromatic carbocycles. The molecular weight excluding hydrogens is 314 g/mol. The second-order valence-electron chi connectivity index (χ2n) is 6.88. The van der Waals surface area contributed by atoms with Crippen molar-refractivity contribution in [3.63, 3.8) is 0 Å². The SMILES string of the molecule is CCc1nn(C)cc1NC(=O)NC1CN(Cc2ccccc2)CC1C. The van der Waals surface area contributed by atoms with E-state index in [4.69, 9.17) is 0 Å². The molecule has 2 atom stereocenters. The number of rotatable bonds is 5. The zero-order valence-corrected chi connectivity index (χ0v) is 15.2. The number of anilines is 1. The fraction of sp³-hybridized carbons (Fsp3) is 0.474. The Balaban J connectivity index is 1.54. The first kappa shape index (κ1) is 17.5. The smallest absolute Gasteiger partial charge is 0.319 e. The topological polar surface area (TPSA) is 62.2 Å². The molecule has 0 saturated carbocycles. The molecule has 25 heavy (non-hydrogen) atoms. The lowest BCUT2D eigenvalue weighted by atomic mass is 10.1. The van der Waals surface area contributed by atoms with Crippen LogP contribution in [0.2, 0.25) is 0 Å². The Labute approximate surface area is 149 Å². The van der Waals surface area contributed by atoms with Gasteiger partial charge in [0.05, 0.1) is 11.4 Å². The number of urea groups is 1. The van der Waals surface area contributed by atoms with E-state index >= 15 is 0 Å². The first-order valence-electron chi connectivity index (χ1n) is 8.91. The van der Waals surface area contributed by atoms with Crippen LogP contribution in [0, 0.1) is 5.92 Å². The molecule has 2 aromatic rings. The summed E-state index contributed by atoms with van der Waals surface area (Å²) in [6, 6.07) is 10.5. The fourth-order valence-electron chi connectivity index (χ4n) is 3.45. The minimum absolute atomic E-state index is 0.152. The summed E-state index contributed by atoms with van der Waals surface area (Å²) in [7, 11) is 1.86. The summed E-state index contributed by atoms with van der Waals surface area (Å²) >= 11 is 0. The molecule has 1 saturated heterocycles. The molecule has 1 fully saturated rings. The molecule has 2 N–H and O–H groups in total. The molecule has 1 aliphatic heterocycles. The van der Waals surface area contributed by atoms with Crippen LogP contribution in [0.15, 0.2) is 36.5 Å². The van der Waals surface area contributed by atoms with Gasteiger partial charge in [-0.3, -0.25) is 9.58 Å². The first-order valence-corrected chi connectivity index (χ1v) is 8.91. The van der Waals surface area contributed by atoms with Crippen LogP contribution in [0.3, 0.4) is 0 Å². The van der Waals surface area contributed by atoms with Crippen molar-refractivity contribution < 1.29 is 4.79 Å². The van der Waals surface area contributed by atoms with Crippen LogP contribution in [-0.4, -0.2) is 39.8 Å². The highest BCUT2D eigenvalue weighted by Crippen LogP contribution is 2.19. The largest absolute Gasteiger partial charge is 0.334 e. The van der Waals surface area contributed by atoms with Crippen molar-refractivity contribution in [3.05, 3.63) is 47.8 Å². The van der Waals surface area contributed by atoms with Crippen molar-refractivity contribution in [2.75, 3.05) is 18.4 Å². The third-order valence-corrected chi connectivity index (χ3v) is 4.74. The number of carbonyl (C=O) groups is 1.